The molecule has 11 nitrogen and oxygen atoms in total. The number of rotatable bonds is 5. The maximum absolute atomic E-state index is 12.8. The summed E-state index contributed by atoms with van der Waals surface area (Å²) < 4.78 is 2.31. The van der Waals surface area contributed by atoms with Crippen molar-refractivity contribution in [1.29, 1.82) is 0 Å². The van der Waals surface area contributed by atoms with E-state index < -0.39 is 18.0 Å². The number of aromatic nitrogens is 4. The lowest BCUT2D eigenvalue weighted by Gasteiger charge is -2.32. The largest absolute Gasteiger partial charge is 0.383 e. The maximum Gasteiger partial charge on any atom is 0.322 e. The number of pyridine rings is 1. The molecule has 3 aromatic heterocycles. The van der Waals surface area contributed by atoms with Crippen LogP contribution in [0.4, 0.5) is 10.6 Å². The number of nitrogens with one attached hydrogen (secondary N) is 2. The van der Waals surface area contributed by atoms with Crippen LogP contribution in [0, 0.1) is 0 Å². The highest BCUT2D eigenvalue weighted by molar-refractivity contribution is 9.10. The van der Waals surface area contributed by atoms with Crippen molar-refractivity contribution >= 4 is 45.2 Å². The van der Waals surface area contributed by atoms with E-state index in [2.05, 4.69) is 36.6 Å². The Bertz CT molecular complexity index is 1580. The first-order valence-corrected chi connectivity index (χ1v) is 13.4. The summed E-state index contributed by atoms with van der Waals surface area (Å²) in [6, 6.07) is 12.6. The smallest absolute Gasteiger partial charge is 0.322 e. The quantitative estimate of drug-likeness (QED) is 0.303. The lowest BCUT2D eigenvalue weighted by molar-refractivity contribution is -0.134. The van der Waals surface area contributed by atoms with Gasteiger partial charge in [0.2, 0.25) is 5.91 Å². The van der Waals surface area contributed by atoms with Crippen LogP contribution >= 0.6 is 15.9 Å². The molecule has 12 heteroatoms. The van der Waals surface area contributed by atoms with E-state index in [-0.39, 0.29) is 18.2 Å². The Morgan fingerprint density at radius 2 is 1.82 bits per heavy atom. The number of amides is 4. The number of imide groups is 1. The van der Waals surface area contributed by atoms with E-state index in [4.69, 9.17) is 10.7 Å². The van der Waals surface area contributed by atoms with E-state index in [0.29, 0.717) is 41.9 Å². The second-order valence-electron chi connectivity index (χ2n) is 9.66. The summed E-state index contributed by atoms with van der Waals surface area (Å²) in [5.74, 6) is -0.105. The lowest BCUT2D eigenvalue weighted by atomic mass is 9.92. The number of nitrogen functional groups attached to an aromatic ring is 1. The summed E-state index contributed by atoms with van der Waals surface area (Å²) in [4.78, 5) is 47.3. The van der Waals surface area contributed by atoms with Crippen molar-refractivity contribution in [2.24, 2.45) is 0 Å². The van der Waals surface area contributed by atoms with Gasteiger partial charge in [0.05, 0.1) is 28.5 Å². The molecule has 2 aliphatic rings. The summed E-state index contributed by atoms with van der Waals surface area (Å²) in [6.07, 6.45) is 4.88. The number of nitrogens with zero attached hydrogens (tertiary/aromatic N) is 5. The van der Waals surface area contributed by atoms with Gasteiger partial charge in [0.1, 0.15) is 11.9 Å². The number of hydrogen-bond donors (Lipinski definition) is 3. The van der Waals surface area contributed by atoms with Gasteiger partial charge >= 0.3 is 6.03 Å². The fraction of sp³-hybridized carbons (Fsp3) is 0.259. The van der Waals surface area contributed by atoms with E-state index in [1.807, 2.05) is 48.7 Å². The van der Waals surface area contributed by atoms with Crippen molar-refractivity contribution in [3.8, 4) is 22.4 Å². The molecule has 198 valence electrons. The predicted molar refractivity (Wildman–Crippen MR) is 147 cm³/mol. The number of likely N-dealkylation sites (tertiary alicyclic amines) is 1. The monoisotopic (exact) mass is 588 g/mol. The van der Waals surface area contributed by atoms with Crippen molar-refractivity contribution in [3.63, 3.8) is 0 Å². The summed E-state index contributed by atoms with van der Waals surface area (Å²) in [7, 11) is 0. The van der Waals surface area contributed by atoms with Crippen molar-refractivity contribution in [2.45, 2.75) is 31.2 Å². The van der Waals surface area contributed by atoms with Gasteiger partial charge < -0.3 is 16.0 Å². The van der Waals surface area contributed by atoms with Crippen LogP contribution in [0.25, 0.3) is 28.0 Å². The van der Waals surface area contributed by atoms with Crippen molar-refractivity contribution in [1.82, 2.24) is 35.1 Å². The fourth-order valence-electron chi connectivity index (χ4n) is 5.13. The van der Waals surface area contributed by atoms with Crippen LogP contribution in [0.2, 0.25) is 0 Å². The molecule has 2 saturated heterocycles. The molecule has 4 amide bonds. The average Bonchev–Trinajstić information content (AvgIpc) is 3.53. The van der Waals surface area contributed by atoms with Crippen LogP contribution in [0.1, 0.15) is 30.9 Å². The van der Waals surface area contributed by atoms with Gasteiger partial charge in [-0.15, -0.1) is 0 Å². The molecule has 39 heavy (non-hydrogen) atoms. The van der Waals surface area contributed by atoms with Crippen molar-refractivity contribution in [3.05, 3.63) is 65.0 Å². The highest BCUT2D eigenvalue weighted by atomic mass is 79.9. The van der Waals surface area contributed by atoms with Crippen molar-refractivity contribution < 1.29 is 14.4 Å². The third-order valence-electron chi connectivity index (χ3n) is 7.26. The Hall–Kier alpha value is -4.32. The molecule has 1 unspecified atom stereocenters. The summed E-state index contributed by atoms with van der Waals surface area (Å²) in [5.41, 5.74) is 11.6. The van der Waals surface area contributed by atoms with E-state index in [0.717, 1.165) is 28.1 Å². The highest BCUT2D eigenvalue weighted by Crippen LogP contribution is 2.37. The molecule has 2 fully saturated rings. The van der Waals surface area contributed by atoms with Crippen LogP contribution in [0.15, 0.2) is 59.3 Å². The van der Waals surface area contributed by atoms with Crippen LogP contribution in [-0.2, 0) is 9.59 Å². The normalized spacial score (nSPS) is 17.9. The van der Waals surface area contributed by atoms with E-state index in [1.165, 1.54) is 0 Å². The third kappa shape index (κ3) is 4.71. The Morgan fingerprint density at radius 1 is 1.05 bits per heavy atom. The van der Waals surface area contributed by atoms with Gasteiger partial charge in [-0.3, -0.25) is 19.9 Å². The van der Waals surface area contributed by atoms with Crippen molar-refractivity contribution in [2.75, 3.05) is 18.8 Å². The molecule has 0 spiro atoms. The number of carbonyl (C=O) groups is 3. The van der Waals surface area contributed by atoms with Crippen LogP contribution in [0.5, 0.6) is 0 Å². The molecular weight excluding hydrogens is 564 g/mol. The minimum absolute atomic E-state index is 0.0562. The van der Waals surface area contributed by atoms with Gasteiger partial charge in [-0.25, -0.2) is 9.78 Å². The number of benzene rings is 1. The lowest BCUT2D eigenvalue weighted by Crippen LogP contribution is -2.42. The number of urea groups is 1. The number of piperidine rings is 1. The van der Waals surface area contributed by atoms with Gasteiger partial charge in [0.15, 0.2) is 5.65 Å². The van der Waals surface area contributed by atoms with E-state index in [1.54, 1.807) is 15.6 Å². The zero-order chi connectivity index (χ0) is 27.1. The second-order valence-corrected chi connectivity index (χ2v) is 10.5. The number of nitrogens with two attached hydrogens (primary N) is 1. The maximum atomic E-state index is 12.8. The first kappa shape index (κ1) is 25.0. The molecule has 0 radical (unpaired) electrons. The van der Waals surface area contributed by atoms with Crippen LogP contribution < -0.4 is 16.4 Å². The highest BCUT2D eigenvalue weighted by Gasteiger charge is 2.34. The molecule has 2 aliphatic heterocycles. The molecule has 0 aliphatic carbocycles. The number of fused-ring (bicyclic) bond motifs is 1. The Kier molecular flexibility index (Phi) is 6.47. The molecule has 0 bridgehead atoms. The molecular formula is C27H25BrN8O3. The number of halogens is 1. The Labute approximate surface area is 231 Å². The number of hydrogen-bond acceptors (Lipinski definition) is 7. The number of anilines is 1. The summed E-state index contributed by atoms with van der Waals surface area (Å²) >= 11 is 3.63. The molecule has 0 saturated carbocycles. The SMILES string of the molecule is Nc1c(Br)c(C2CCN(C(=O)CC3NC(=O)NC3=O)CC2)nc2c(-c3ccc(-c4ccccc4)nc3)cnn12. The standard InChI is InChI=1S/C27H25BrN8O3/c28-22-23(16-8-10-35(11-9-16)21(37)12-20-26(38)34-27(39)32-20)33-25-18(14-31-36(25)24(22)29)17-6-7-19(30-13-17)15-4-2-1-3-5-15/h1-7,13-14,16,20H,8-12,29H2,(H2,32,34,38,39). The fourth-order valence-corrected chi connectivity index (χ4v) is 5.71. The molecule has 6 rings (SSSR count). The molecule has 5 heterocycles. The predicted octanol–water partition coefficient (Wildman–Crippen LogP) is 3.11. The molecule has 1 aromatic carbocycles. The van der Waals surface area contributed by atoms with Crippen LogP contribution in [-0.4, -0.2) is 61.5 Å². The second kappa shape index (κ2) is 10.1. The topological polar surface area (TPSA) is 148 Å². The summed E-state index contributed by atoms with van der Waals surface area (Å²) in [5, 5.41) is 9.11. The van der Waals surface area contributed by atoms with E-state index in [9.17, 15) is 14.4 Å². The Balaban J connectivity index is 1.21. The summed E-state index contributed by atoms with van der Waals surface area (Å²) in [6.45, 7) is 1.03. The minimum Gasteiger partial charge on any atom is -0.383 e. The average molecular weight is 589 g/mol. The zero-order valence-electron chi connectivity index (χ0n) is 20.8. The first-order valence-electron chi connectivity index (χ1n) is 12.6. The molecule has 1 atom stereocenters. The van der Waals surface area contributed by atoms with Gasteiger partial charge in [0.25, 0.3) is 5.91 Å². The zero-order valence-corrected chi connectivity index (χ0v) is 22.4. The first-order chi connectivity index (χ1) is 18.9. The third-order valence-corrected chi connectivity index (χ3v) is 8.08. The Morgan fingerprint density at radius 3 is 2.49 bits per heavy atom. The minimum atomic E-state index is -0.822. The number of carbonyl (C=O) groups excluding carboxylic acids is 3. The van der Waals surface area contributed by atoms with Crippen LogP contribution in [0.3, 0.4) is 0 Å². The van der Waals surface area contributed by atoms with Gasteiger partial charge in [0, 0.05) is 41.9 Å². The molecule has 4 N–H and O–H groups in total. The van der Waals surface area contributed by atoms with E-state index >= 15 is 0 Å². The van der Waals surface area contributed by atoms with Gasteiger partial charge in [-0.05, 0) is 34.8 Å². The molecule has 4 aromatic rings. The van der Waals surface area contributed by atoms with Gasteiger partial charge in [-0.1, -0.05) is 36.4 Å². The van der Waals surface area contributed by atoms with Gasteiger partial charge in [-0.2, -0.15) is 9.61 Å².